The summed E-state index contributed by atoms with van der Waals surface area (Å²) < 4.78 is 22.2. The largest absolute Gasteiger partial charge is 0.496 e. The minimum Gasteiger partial charge on any atom is -0.496 e. The van der Waals surface area contributed by atoms with Gasteiger partial charge in [-0.15, -0.1) is 0 Å². The van der Waals surface area contributed by atoms with Crippen LogP contribution in [0.3, 0.4) is 0 Å². The first kappa shape index (κ1) is 15.3. The summed E-state index contributed by atoms with van der Waals surface area (Å²) in [5, 5.41) is 0. The fraction of sp³-hybridized carbons (Fsp3) is 0.368. The smallest absolute Gasteiger partial charge is 0.231 e. The van der Waals surface area contributed by atoms with Gasteiger partial charge in [-0.3, -0.25) is 4.90 Å². The summed E-state index contributed by atoms with van der Waals surface area (Å²) in [6.45, 7) is 3.55. The van der Waals surface area contributed by atoms with Crippen molar-refractivity contribution in [3.05, 3.63) is 53.6 Å². The average molecular weight is 327 g/mol. The van der Waals surface area contributed by atoms with Gasteiger partial charge in [0, 0.05) is 18.7 Å². The van der Waals surface area contributed by atoms with E-state index in [1.165, 1.54) is 5.56 Å². The number of hydrogen-bond acceptors (Lipinski definition) is 5. The van der Waals surface area contributed by atoms with Gasteiger partial charge in [-0.05, 0) is 23.8 Å². The third-order valence-electron chi connectivity index (χ3n) is 4.56. The molecule has 24 heavy (non-hydrogen) atoms. The number of morpholine rings is 1. The number of hydrogen-bond donors (Lipinski definition) is 0. The Morgan fingerprint density at radius 1 is 1.00 bits per heavy atom. The van der Waals surface area contributed by atoms with Crippen molar-refractivity contribution in [3.8, 4) is 17.2 Å². The minimum atomic E-state index is 0.0968. The second kappa shape index (κ2) is 6.71. The number of benzene rings is 2. The summed E-state index contributed by atoms with van der Waals surface area (Å²) >= 11 is 0. The standard InChI is InChI=1S/C19H21NO4/c1-21-16-5-3-2-4-15(16)19(20-8-10-22-11-9-20)14-6-7-17-18(12-14)24-13-23-17/h2-7,12,19H,8-11,13H2,1H3. The summed E-state index contributed by atoms with van der Waals surface area (Å²) in [7, 11) is 1.72. The molecule has 0 aliphatic carbocycles. The second-order valence-corrected chi connectivity index (χ2v) is 5.91. The van der Waals surface area contributed by atoms with E-state index in [2.05, 4.69) is 29.2 Å². The molecule has 126 valence electrons. The first-order valence-corrected chi connectivity index (χ1v) is 8.21. The van der Waals surface area contributed by atoms with Crippen molar-refractivity contribution in [2.45, 2.75) is 6.04 Å². The Labute approximate surface area is 141 Å². The molecule has 1 unspecified atom stereocenters. The summed E-state index contributed by atoms with van der Waals surface area (Å²) in [6, 6.07) is 14.5. The first-order chi connectivity index (χ1) is 11.9. The van der Waals surface area contributed by atoms with Crippen molar-refractivity contribution in [1.82, 2.24) is 4.90 Å². The second-order valence-electron chi connectivity index (χ2n) is 5.91. The van der Waals surface area contributed by atoms with Crippen LogP contribution >= 0.6 is 0 Å². The lowest BCUT2D eigenvalue weighted by atomic mass is 9.95. The van der Waals surface area contributed by atoms with Crippen LogP contribution in [0, 0.1) is 0 Å². The van der Waals surface area contributed by atoms with E-state index in [1.807, 2.05) is 18.2 Å². The molecule has 5 heteroatoms. The molecule has 1 fully saturated rings. The number of nitrogens with zero attached hydrogens (tertiary/aromatic N) is 1. The van der Waals surface area contributed by atoms with E-state index in [-0.39, 0.29) is 12.8 Å². The lowest BCUT2D eigenvalue weighted by molar-refractivity contribution is 0.0235. The molecule has 2 heterocycles. The van der Waals surface area contributed by atoms with Gasteiger partial charge in [-0.25, -0.2) is 0 Å². The zero-order chi connectivity index (χ0) is 16.4. The van der Waals surface area contributed by atoms with Gasteiger partial charge >= 0.3 is 0 Å². The van der Waals surface area contributed by atoms with E-state index in [0.717, 1.165) is 49.1 Å². The van der Waals surface area contributed by atoms with Crippen molar-refractivity contribution >= 4 is 0 Å². The number of ether oxygens (including phenoxy) is 4. The SMILES string of the molecule is COc1ccccc1C(c1ccc2c(c1)OCO2)N1CCOCC1. The summed E-state index contributed by atoms with van der Waals surface area (Å²) in [5.74, 6) is 2.51. The first-order valence-electron chi connectivity index (χ1n) is 8.21. The van der Waals surface area contributed by atoms with Gasteiger partial charge in [-0.1, -0.05) is 24.3 Å². The molecule has 0 amide bonds. The highest BCUT2D eigenvalue weighted by Gasteiger charge is 2.28. The Morgan fingerprint density at radius 3 is 2.62 bits per heavy atom. The van der Waals surface area contributed by atoms with E-state index >= 15 is 0 Å². The van der Waals surface area contributed by atoms with Gasteiger partial charge in [0.05, 0.1) is 26.4 Å². The highest BCUT2D eigenvalue weighted by atomic mass is 16.7. The quantitative estimate of drug-likeness (QED) is 0.863. The Hall–Kier alpha value is -2.24. The Bertz CT molecular complexity index is 712. The van der Waals surface area contributed by atoms with Crippen LogP contribution in [0.2, 0.25) is 0 Å². The Balaban J connectivity index is 1.78. The molecule has 2 aromatic rings. The van der Waals surface area contributed by atoms with Gasteiger partial charge in [0.2, 0.25) is 6.79 Å². The summed E-state index contributed by atoms with van der Waals surface area (Å²) in [5.41, 5.74) is 2.33. The summed E-state index contributed by atoms with van der Waals surface area (Å²) in [4.78, 5) is 2.43. The van der Waals surface area contributed by atoms with E-state index in [0.29, 0.717) is 0 Å². The Kier molecular flexibility index (Phi) is 4.28. The normalized spacial score (nSPS) is 18.4. The van der Waals surface area contributed by atoms with E-state index in [9.17, 15) is 0 Å². The highest BCUT2D eigenvalue weighted by molar-refractivity contribution is 5.49. The van der Waals surface area contributed by atoms with E-state index in [1.54, 1.807) is 7.11 Å². The molecule has 0 spiro atoms. The highest BCUT2D eigenvalue weighted by Crippen LogP contribution is 2.40. The fourth-order valence-corrected chi connectivity index (χ4v) is 3.40. The lowest BCUT2D eigenvalue weighted by Crippen LogP contribution is -2.39. The molecule has 2 aliphatic heterocycles. The Morgan fingerprint density at radius 2 is 1.79 bits per heavy atom. The topological polar surface area (TPSA) is 40.2 Å². The van der Waals surface area contributed by atoms with Gasteiger partial charge in [0.25, 0.3) is 0 Å². The average Bonchev–Trinajstić information content (AvgIpc) is 3.11. The van der Waals surface area contributed by atoms with Crippen LogP contribution in [0.15, 0.2) is 42.5 Å². The maximum atomic E-state index is 5.62. The van der Waals surface area contributed by atoms with Crippen LogP contribution in [0.4, 0.5) is 0 Å². The van der Waals surface area contributed by atoms with Crippen LogP contribution in [0.25, 0.3) is 0 Å². The molecule has 5 nitrogen and oxygen atoms in total. The van der Waals surface area contributed by atoms with Gasteiger partial charge in [0.15, 0.2) is 11.5 Å². The zero-order valence-electron chi connectivity index (χ0n) is 13.7. The number of para-hydroxylation sites is 1. The van der Waals surface area contributed by atoms with Crippen molar-refractivity contribution in [3.63, 3.8) is 0 Å². The van der Waals surface area contributed by atoms with Crippen molar-refractivity contribution in [2.75, 3.05) is 40.2 Å². The molecule has 0 bridgehead atoms. The van der Waals surface area contributed by atoms with Gasteiger partial charge < -0.3 is 18.9 Å². The molecule has 2 aliphatic rings. The van der Waals surface area contributed by atoms with Crippen LogP contribution in [-0.4, -0.2) is 45.1 Å². The van der Waals surface area contributed by atoms with Gasteiger partial charge in [0.1, 0.15) is 5.75 Å². The van der Waals surface area contributed by atoms with Crippen molar-refractivity contribution in [2.24, 2.45) is 0 Å². The third-order valence-corrected chi connectivity index (χ3v) is 4.56. The van der Waals surface area contributed by atoms with Crippen LogP contribution in [-0.2, 0) is 4.74 Å². The molecule has 1 atom stereocenters. The maximum Gasteiger partial charge on any atom is 0.231 e. The third kappa shape index (κ3) is 2.81. The minimum absolute atomic E-state index is 0.0968. The van der Waals surface area contributed by atoms with Crippen LogP contribution in [0.5, 0.6) is 17.2 Å². The fourth-order valence-electron chi connectivity index (χ4n) is 3.40. The van der Waals surface area contributed by atoms with Crippen molar-refractivity contribution < 1.29 is 18.9 Å². The van der Waals surface area contributed by atoms with Crippen LogP contribution < -0.4 is 14.2 Å². The molecular weight excluding hydrogens is 306 g/mol. The molecule has 0 radical (unpaired) electrons. The molecule has 0 aromatic heterocycles. The van der Waals surface area contributed by atoms with Crippen LogP contribution in [0.1, 0.15) is 17.2 Å². The molecular formula is C19H21NO4. The molecule has 1 saturated heterocycles. The summed E-state index contributed by atoms with van der Waals surface area (Å²) in [6.07, 6.45) is 0. The lowest BCUT2D eigenvalue weighted by Gasteiger charge is -2.35. The monoisotopic (exact) mass is 327 g/mol. The molecule has 0 saturated carbocycles. The zero-order valence-corrected chi connectivity index (χ0v) is 13.7. The molecule has 0 N–H and O–H groups in total. The van der Waals surface area contributed by atoms with Crippen molar-refractivity contribution in [1.29, 1.82) is 0 Å². The van der Waals surface area contributed by atoms with E-state index < -0.39 is 0 Å². The maximum absolute atomic E-state index is 5.62. The predicted molar refractivity (Wildman–Crippen MR) is 89.8 cm³/mol. The number of methoxy groups -OCH3 is 1. The van der Waals surface area contributed by atoms with E-state index in [4.69, 9.17) is 18.9 Å². The molecule has 2 aromatic carbocycles. The molecule has 4 rings (SSSR count). The predicted octanol–water partition coefficient (Wildman–Crippen LogP) is 2.85. The number of rotatable bonds is 4. The van der Waals surface area contributed by atoms with Gasteiger partial charge in [-0.2, -0.15) is 0 Å². The number of fused-ring (bicyclic) bond motifs is 1.